The van der Waals surface area contributed by atoms with Gasteiger partial charge in [-0.2, -0.15) is 0 Å². The third-order valence-electron chi connectivity index (χ3n) is 3.84. The van der Waals surface area contributed by atoms with Crippen molar-refractivity contribution < 1.29 is 27.5 Å². The molecule has 0 N–H and O–H groups in total. The normalized spacial score (nSPS) is 21.0. The first-order valence-electron chi connectivity index (χ1n) is 7.96. The van der Waals surface area contributed by atoms with E-state index in [0.29, 0.717) is 0 Å². The zero-order valence-electron chi connectivity index (χ0n) is 14.8. The van der Waals surface area contributed by atoms with Gasteiger partial charge >= 0.3 is 12.1 Å². The van der Waals surface area contributed by atoms with Gasteiger partial charge in [0.05, 0.1) is 12.0 Å². The summed E-state index contributed by atoms with van der Waals surface area (Å²) in [7, 11) is -2.64. The van der Waals surface area contributed by atoms with Crippen LogP contribution in [0.15, 0.2) is 35.2 Å². The van der Waals surface area contributed by atoms with Crippen molar-refractivity contribution in [2.75, 3.05) is 7.11 Å². The van der Waals surface area contributed by atoms with Gasteiger partial charge in [0.1, 0.15) is 17.0 Å². The highest BCUT2D eigenvalue weighted by molar-refractivity contribution is 7.92. The van der Waals surface area contributed by atoms with Gasteiger partial charge in [-0.1, -0.05) is 18.2 Å². The average Bonchev–Trinajstić information content (AvgIpc) is 2.99. The molecule has 1 saturated heterocycles. The molecule has 1 amide bonds. The molecular weight excluding hydrogens is 346 g/mol. The summed E-state index contributed by atoms with van der Waals surface area (Å²) in [5.74, 6) is -0.656. The van der Waals surface area contributed by atoms with Crippen molar-refractivity contribution in [3.05, 3.63) is 30.3 Å². The third-order valence-corrected chi connectivity index (χ3v) is 5.95. The number of likely N-dealkylation sites (tertiary alicyclic amines) is 1. The smallest absolute Gasteiger partial charge is 0.412 e. The monoisotopic (exact) mass is 369 g/mol. The quantitative estimate of drug-likeness (QED) is 0.760. The molecule has 0 bridgehead atoms. The second kappa shape index (κ2) is 7.03. The third kappa shape index (κ3) is 4.12. The van der Waals surface area contributed by atoms with Gasteiger partial charge < -0.3 is 9.47 Å². The first-order valence-corrected chi connectivity index (χ1v) is 9.50. The highest BCUT2D eigenvalue weighted by Crippen LogP contribution is 2.33. The second-order valence-corrected chi connectivity index (χ2v) is 8.92. The number of carbonyl (C=O) groups excluding carboxylic acids is 2. The Kier molecular flexibility index (Phi) is 5.41. The van der Waals surface area contributed by atoms with Crippen LogP contribution in [0, 0.1) is 0 Å². The van der Waals surface area contributed by atoms with E-state index in [2.05, 4.69) is 0 Å². The topological polar surface area (TPSA) is 90.0 Å². The molecule has 2 atom stereocenters. The molecular formula is C17H23NO6S. The summed E-state index contributed by atoms with van der Waals surface area (Å²) in [4.78, 5) is 25.7. The lowest BCUT2D eigenvalue weighted by molar-refractivity contribution is -0.145. The van der Waals surface area contributed by atoms with Crippen LogP contribution in [0.2, 0.25) is 0 Å². The minimum atomic E-state index is -3.85. The number of amides is 1. The van der Waals surface area contributed by atoms with Crippen molar-refractivity contribution in [3.63, 3.8) is 0 Å². The van der Waals surface area contributed by atoms with Gasteiger partial charge in [-0.05, 0) is 45.7 Å². The van der Waals surface area contributed by atoms with Crippen molar-refractivity contribution in [1.82, 2.24) is 4.90 Å². The first kappa shape index (κ1) is 19.2. The van der Waals surface area contributed by atoms with E-state index in [0.717, 1.165) is 4.90 Å². The van der Waals surface area contributed by atoms with Crippen LogP contribution in [0.4, 0.5) is 4.79 Å². The van der Waals surface area contributed by atoms with Crippen LogP contribution in [0.1, 0.15) is 33.6 Å². The Labute approximate surface area is 147 Å². The van der Waals surface area contributed by atoms with Gasteiger partial charge in [-0.3, -0.25) is 4.90 Å². The van der Waals surface area contributed by atoms with Crippen LogP contribution in [-0.2, 0) is 24.1 Å². The number of esters is 1. The van der Waals surface area contributed by atoms with Crippen molar-refractivity contribution in [3.8, 4) is 0 Å². The van der Waals surface area contributed by atoms with E-state index in [4.69, 9.17) is 9.47 Å². The lowest BCUT2D eigenvalue weighted by Gasteiger charge is -2.31. The Hall–Kier alpha value is -2.09. The maximum atomic E-state index is 13.0. The molecule has 1 aliphatic rings. The van der Waals surface area contributed by atoms with Crippen molar-refractivity contribution in [1.29, 1.82) is 0 Å². The Bertz CT molecular complexity index is 738. The lowest BCUT2D eigenvalue weighted by Crippen LogP contribution is -2.49. The maximum absolute atomic E-state index is 13.0. The minimum absolute atomic E-state index is 0.0964. The number of hydrogen-bond acceptors (Lipinski definition) is 6. The fourth-order valence-electron chi connectivity index (χ4n) is 2.78. The molecule has 0 spiro atoms. The Morgan fingerprint density at radius 3 is 2.24 bits per heavy atom. The molecule has 1 heterocycles. The van der Waals surface area contributed by atoms with E-state index in [1.54, 1.807) is 39.0 Å². The predicted octanol–water partition coefficient (Wildman–Crippen LogP) is 2.36. The number of hydrogen-bond donors (Lipinski definition) is 0. The van der Waals surface area contributed by atoms with Crippen molar-refractivity contribution in [2.24, 2.45) is 0 Å². The first-order chi connectivity index (χ1) is 11.6. The molecule has 8 heteroatoms. The average molecular weight is 369 g/mol. The van der Waals surface area contributed by atoms with Gasteiger partial charge in [-0.25, -0.2) is 18.0 Å². The van der Waals surface area contributed by atoms with E-state index in [1.807, 2.05) is 0 Å². The summed E-state index contributed by atoms with van der Waals surface area (Å²) < 4.78 is 36.0. The number of nitrogens with zero attached hydrogens (tertiary/aromatic N) is 1. The molecule has 25 heavy (non-hydrogen) atoms. The van der Waals surface area contributed by atoms with Gasteiger partial charge in [0.15, 0.2) is 9.84 Å². The summed E-state index contributed by atoms with van der Waals surface area (Å²) in [6.07, 6.45) is -0.510. The highest BCUT2D eigenvalue weighted by atomic mass is 32.2. The van der Waals surface area contributed by atoms with Gasteiger partial charge in [0.25, 0.3) is 0 Å². The standard InChI is InChI=1S/C17H23NO6S/c1-17(2,3)24-16(20)18-13(15(19)23-4)10-11-14(18)25(21,22)12-8-6-5-7-9-12/h5-9,13-14H,10-11H2,1-4H3. The number of benzene rings is 1. The van der Waals surface area contributed by atoms with Crippen LogP contribution in [0.5, 0.6) is 0 Å². The molecule has 1 fully saturated rings. The highest BCUT2D eigenvalue weighted by Gasteiger charge is 2.49. The summed E-state index contributed by atoms with van der Waals surface area (Å²) in [6, 6.07) is 6.87. The van der Waals surface area contributed by atoms with Crippen LogP contribution in [0.25, 0.3) is 0 Å². The summed E-state index contributed by atoms with van der Waals surface area (Å²) in [5, 5.41) is -1.17. The fourth-order valence-corrected chi connectivity index (χ4v) is 4.61. The van der Waals surface area contributed by atoms with Crippen LogP contribution >= 0.6 is 0 Å². The zero-order valence-corrected chi connectivity index (χ0v) is 15.6. The number of carbonyl (C=O) groups is 2. The van der Waals surface area contributed by atoms with Crippen molar-refractivity contribution in [2.45, 2.75) is 55.5 Å². The molecule has 0 saturated carbocycles. The largest absolute Gasteiger partial charge is 0.467 e. The zero-order chi connectivity index (χ0) is 18.8. The van der Waals surface area contributed by atoms with E-state index in [-0.39, 0.29) is 17.7 Å². The molecule has 1 aromatic carbocycles. The maximum Gasteiger partial charge on any atom is 0.412 e. The van der Waals surface area contributed by atoms with Crippen LogP contribution < -0.4 is 0 Å². The molecule has 2 rings (SSSR count). The molecule has 1 aliphatic heterocycles. The molecule has 0 aromatic heterocycles. The van der Waals surface area contributed by atoms with Gasteiger partial charge in [0.2, 0.25) is 0 Å². The molecule has 1 aromatic rings. The van der Waals surface area contributed by atoms with E-state index in [9.17, 15) is 18.0 Å². The molecule has 138 valence electrons. The van der Waals surface area contributed by atoms with Gasteiger partial charge in [-0.15, -0.1) is 0 Å². The number of sulfone groups is 1. The van der Waals surface area contributed by atoms with E-state index in [1.165, 1.54) is 19.2 Å². The minimum Gasteiger partial charge on any atom is -0.467 e. The van der Waals surface area contributed by atoms with Gasteiger partial charge in [0, 0.05) is 0 Å². The fraction of sp³-hybridized carbons (Fsp3) is 0.529. The second-order valence-electron chi connectivity index (χ2n) is 6.82. The lowest BCUT2D eigenvalue weighted by atomic mass is 10.2. The Morgan fingerprint density at radius 2 is 1.72 bits per heavy atom. The van der Waals surface area contributed by atoms with Crippen LogP contribution in [0.3, 0.4) is 0 Å². The van der Waals surface area contributed by atoms with E-state index < -0.39 is 38.9 Å². The molecule has 0 radical (unpaired) electrons. The van der Waals surface area contributed by atoms with Crippen molar-refractivity contribution >= 4 is 21.9 Å². The molecule has 0 aliphatic carbocycles. The SMILES string of the molecule is COC(=O)C1CCC(S(=O)(=O)c2ccccc2)N1C(=O)OC(C)(C)C. The molecule has 7 nitrogen and oxygen atoms in total. The summed E-state index contributed by atoms with van der Waals surface area (Å²) >= 11 is 0. The Morgan fingerprint density at radius 1 is 1.12 bits per heavy atom. The summed E-state index contributed by atoms with van der Waals surface area (Å²) in [5.41, 5.74) is -0.818. The number of ether oxygens (including phenoxy) is 2. The molecule has 2 unspecified atom stereocenters. The Balaban J connectivity index is 2.42. The number of rotatable bonds is 3. The van der Waals surface area contributed by atoms with Crippen LogP contribution in [-0.4, -0.2) is 49.5 Å². The predicted molar refractivity (Wildman–Crippen MR) is 90.5 cm³/mol. The number of methoxy groups -OCH3 is 1. The summed E-state index contributed by atoms with van der Waals surface area (Å²) in [6.45, 7) is 5.03. The van der Waals surface area contributed by atoms with E-state index >= 15 is 0 Å².